The van der Waals surface area contributed by atoms with Crippen LogP contribution in [0.3, 0.4) is 0 Å². The van der Waals surface area contributed by atoms with E-state index in [1.165, 1.54) is 0 Å². The van der Waals surface area contributed by atoms with Gasteiger partial charge in [0, 0.05) is 22.9 Å². The number of benzene rings is 1. The van der Waals surface area contributed by atoms with Crippen LogP contribution in [0.1, 0.15) is 26.6 Å². The second-order valence-electron chi connectivity index (χ2n) is 7.44. The van der Waals surface area contributed by atoms with Gasteiger partial charge in [-0.2, -0.15) is 0 Å². The summed E-state index contributed by atoms with van der Waals surface area (Å²) in [5.74, 6) is 1.19. The highest BCUT2D eigenvalue weighted by molar-refractivity contribution is 9.10. The molecule has 0 spiro atoms. The molecular formula is C18H20BrN5O2. The Labute approximate surface area is 159 Å². The highest BCUT2D eigenvalue weighted by atomic mass is 79.9. The standard InChI is InChI=1S/C18H20BrN5O2/c1-18(2,3)26-17(25)23-6-7-24-13(9-23)22-14-15(24)11-5-4-10(19)8-12(11)21-16(14)20/h4-5,8H,6-7,9H2,1-3H3,(H2,20,21). The van der Waals surface area contributed by atoms with Gasteiger partial charge in [-0.25, -0.2) is 14.8 Å². The summed E-state index contributed by atoms with van der Waals surface area (Å²) < 4.78 is 8.56. The molecule has 26 heavy (non-hydrogen) atoms. The second kappa shape index (κ2) is 5.84. The summed E-state index contributed by atoms with van der Waals surface area (Å²) in [7, 11) is 0. The number of nitrogen functional groups attached to an aromatic ring is 1. The molecule has 0 saturated heterocycles. The Bertz CT molecular complexity index is 1040. The number of amides is 1. The first kappa shape index (κ1) is 17.1. The predicted octanol–water partition coefficient (Wildman–Crippen LogP) is 3.68. The Morgan fingerprint density at radius 1 is 1.27 bits per heavy atom. The lowest BCUT2D eigenvalue weighted by Gasteiger charge is -2.30. The van der Waals surface area contributed by atoms with E-state index in [0.29, 0.717) is 31.0 Å². The molecule has 2 N–H and O–H groups in total. The Morgan fingerprint density at radius 2 is 2.04 bits per heavy atom. The number of nitrogens with zero attached hydrogens (tertiary/aromatic N) is 4. The van der Waals surface area contributed by atoms with Crippen LogP contribution in [-0.2, 0) is 17.8 Å². The number of halogens is 1. The van der Waals surface area contributed by atoms with Crippen LogP contribution in [0.25, 0.3) is 21.9 Å². The number of fused-ring (bicyclic) bond motifs is 5. The molecule has 136 valence electrons. The van der Waals surface area contributed by atoms with E-state index in [4.69, 9.17) is 10.5 Å². The zero-order valence-corrected chi connectivity index (χ0v) is 16.5. The SMILES string of the molecule is CC(C)(C)OC(=O)N1CCn2c(nc3c(N)nc4cc(Br)ccc4c32)C1. The number of aromatic nitrogens is 3. The fraction of sp³-hybridized carbons (Fsp3) is 0.389. The van der Waals surface area contributed by atoms with Crippen molar-refractivity contribution in [1.29, 1.82) is 0 Å². The third-order valence-electron chi connectivity index (χ3n) is 4.32. The molecule has 0 radical (unpaired) electrons. The highest BCUT2D eigenvalue weighted by Gasteiger charge is 2.28. The first-order chi connectivity index (χ1) is 12.2. The van der Waals surface area contributed by atoms with Gasteiger partial charge in [-0.3, -0.25) is 4.90 Å². The van der Waals surface area contributed by atoms with Crippen LogP contribution in [0.15, 0.2) is 22.7 Å². The minimum Gasteiger partial charge on any atom is -0.444 e. The largest absolute Gasteiger partial charge is 0.444 e. The van der Waals surface area contributed by atoms with Crippen LogP contribution in [0.5, 0.6) is 0 Å². The molecule has 0 unspecified atom stereocenters. The van der Waals surface area contributed by atoms with E-state index in [0.717, 1.165) is 26.7 Å². The maximum Gasteiger partial charge on any atom is 0.410 e. The molecule has 1 aromatic carbocycles. The van der Waals surface area contributed by atoms with Crippen LogP contribution in [0, 0.1) is 0 Å². The molecular weight excluding hydrogens is 398 g/mol. The minimum atomic E-state index is -0.521. The summed E-state index contributed by atoms with van der Waals surface area (Å²) >= 11 is 3.47. The average Bonchev–Trinajstić information content (AvgIpc) is 2.92. The van der Waals surface area contributed by atoms with Crippen LogP contribution in [0.4, 0.5) is 10.6 Å². The lowest BCUT2D eigenvalue weighted by Crippen LogP contribution is -2.41. The molecule has 3 aromatic rings. The fourth-order valence-electron chi connectivity index (χ4n) is 3.25. The number of anilines is 1. The molecule has 3 heterocycles. The maximum atomic E-state index is 12.4. The van der Waals surface area contributed by atoms with Gasteiger partial charge in [-0.05, 0) is 39.0 Å². The van der Waals surface area contributed by atoms with Crippen molar-refractivity contribution in [3.05, 3.63) is 28.5 Å². The van der Waals surface area contributed by atoms with Crippen LogP contribution >= 0.6 is 15.9 Å². The van der Waals surface area contributed by atoms with E-state index in [-0.39, 0.29) is 6.09 Å². The number of carbonyl (C=O) groups excluding carboxylic acids is 1. The molecule has 1 aliphatic rings. The van der Waals surface area contributed by atoms with Gasteiger partial charge in [0.2, 0.25) is 0 Å². The minimum absolute atomic E-state index is 0.323. The average molecular weight is 418 g/mol. The van der Waals surface area contributed by atoms with Crippen LogP contribution < -0.4 is 5.73 Å². The molecule has 0 bridgehead atoms. The molecule has 4 rings (SSSR count). The summed E-state index contributed by atoms with van der Waals surface area (Å²) in [6, 6.07) is 5.94. The monoisotopic (exact) mass is 417 g/mol. The summed E-state index contributed by atoms with van der Waals surface area (Å²) in [6.45, 7) is 7.18. The first-order valence-electron chi connectivity index (χ1n) is 8.45. The van der Waals surface area contributed by atoms with Gasteiger partial charge < -0.3 is 15.0 Å². The number of pyridine rings is 1. The van der Waals surface area contributed by atoms with E-state index >= 15 is 0 Å². The highest BCUT2D eigenvalue weighted by Crippen LogP contribution is 2.32. The quantitative estimate of drug-likeness (QED) is 0.602. The van der Waals surface area contributed by atoms with Gasteiger partial charge in [0.05, 0.1) is 17.6 Å². The number of hydrogen-bond donors (Lipinski definition) is 1. The Morgan fingerprint density at radius 3 is 2.77 bits per heavy atom. The Kier molecular flexibility index (Phi) is 3.83. The molecule has 1 aliphatic heterocycles. The third-order valence-corrected chi connectivity index (χ3v) is 4.82. The van der Waals surface area contributed by atoms with Gasteiger partial charge in [-0.1, -0.05) is 15.9 Å². The van der Waals surface area contributed by atoms with Gasteiger partial charge in [0.25, 0.3) is 0 Å². The molecule has 7 nitrogen and oxygen atoms in total. The number of ether oxygens (including phenoxy) is 1. The van der Waals surface area contributed by atoms with Crippen molar-refractivity contribution in [2.75, 3.05) is 12.3 Å². The molecule has 8 heteroatoms. The van der Waals surface area contributed by atoms with Gasteiger partial charge in [-0.15, -0.1) is 0 Å². The summed E-state index contributed by atoms with van der Waals surface area (Å²) in [5, 5.41) is 1.00. The summed E-state index contributed by atoms with van der Waals surface area (Å²) in [6.07, 6.45) is -0.323. The normalized spacial score (nSPS) is 14.7. The van der Waals surface area contributed by atoms with Crippen LogP contribution in [0.2, 0.25) is 0 Å². The second-order valence-corrected chi connectivity index (χ2v) is 8.35. The van der Waals surface area contributed by atoms with Gasteiger partial charge >= 0.3 is 6.09 Å². The number of rotatable bonds is 0. The molecule has 0 atom stereocenters. The van der Waals surface area contributed by atoms with Gasteiger partial charge in [0.1, 0.15) is 16.9 Å². The van der Waals surface area contributed by atoms with E-state index < -0.39 is 5.60 Å². The van der Waals surface area contributed by atoms with Crippen molar-refractivity contribution in [2.45, 2.75) is 39.5 Å². The number of hydrogen-bond acceptors (Lipinski definition) is 5. The Hall–Kier alpha value is -2.35. The zero-order chi connectivity index (χ0) is 18.6. The lowest BCUT2D eigenvalue weighted by molar-refractivity contribution is 0.0197. The number of imidazole rings is 1. The molecule has 0 fully saturated rings. The Balaban J connectivity index is 1.78. The van der Waals surface area contributed by atoms with E-state index in [1.54, 1.807) is 4.90 Å². The molecule has 1 amide bonds. The topological polar surface area (TPSA) is 86.3 Å². The van der Waals surface area contributed by atoms with Gasteiger partial charge in [0.15, 0.2) is 5.82 Å². The van der Waals surface area contributed by atoms with Crippen molar-refractivity contribution in [3.8, 4) is 0 Å². The maximum absolute atomic E-state index is 12.4. The third kappa shape index (κ3) is 2.88. The predicted molar refractivity (Wildman–Crippen MR) is 104 cm³/mol. The molecule has 2 aromatic heterocycles. The van der Waals surface area contributed by atoms with Crippen molar-refractivity contribution < 1.29 is 9.53 Å². The van der Waals surface area contributed by atoms with E-state index in [1.807, 2.05) is 39.0 Å². The van der Waals surface area contributed by atoms with Crippen molar-refractivity contribution >= 4 is 49.8 Å². The van der Waals surface area contributed by atoms with Crippen molar-refractivity contribution in [2.24, 2.45) is 0 Å². The molecule has 0 aliphatic carbocycles. The van der Waals surface area contributed by atoms with E-state index in [2.05, 4.69) is 30.5 Å². The van der Waals surface area contributed by atoms with Crippen molar-refractivity contribution in [3.63, 3.8) is 0 Å². The summed E-state index contributed by atoms with van der Waals surface area (Å²) in [5.41, 5.74) is 8.11. The number of nitrogens with two attached hydrogens (primary N) is 1. The zero-order valence-electron chi connectivity index (χ0n) is 14.9. The van der Waals surface area contributed by atoms with Crippen molar-refractivity contribution in [1.82, 2.24) is 19.4 Å². The fourth-order valence-corrected chi connectivity index (χ4v) is 3.59. The summed E-state index contributed by atoms with van der Waals surface area (Å²) in [4.78, 5) is 23.2. The smallest absolute Gasteiger partial charge is 0.410 e. The van der Waals surface area contributed by atoms with Crippen LogP contribution in [-0.4, -0.2) is 37.7 Å². The van der Waals surface area contributed by atoms with E-state index in [9.17, 15) is 4.79 Å². The number of carbonyl (C=O) groups is 1. The molecule has 0 saturated carbocycles. The first-order valence-corrected chi connectivity index (χ1v) is 9.24. The lowest BCUT2D eigenvalue weighted by atomic mass is 10.2.